The number of nitrogens with one attached hydrogen (secondary N) is 2. The summed E-state index contributed by atoms with van der Waals surface area (Å²) in [4.78, 5) is 40.2. The second-order valence-electron chi connectivity index (χ2n) is 11.1. The van der Waals surface area contributed by atoms with Gasteiger partial charge in [-0.05, 0) is 73.4 Å². The number of unbranched alkanes of at least 4 members (excludes halogenated alkanes) is 1. The third-order valence-electron chi connectivity index (χ3n) is 7.89. The number of fused-ring (bicyclic) bond motifs is 2. The highest BCUT2D eigenvalue weighted by Gasteiger charge is 2.36. The normalized spacial score (nSPS) is 16.7. The predicted molar refractivity (Wildman–Crippen MR) is 161 cm³/mol. The van der Waals surface area contributed by atoms with Gasteiger partial charge in [-0.25, -0.2) is 13.8 Å². The molecule has 43 heavy (non-hydrogen) atoms. The molecule has 6 nitrogen and oxygen atoms in total. The Hall–Kier alpha value is -4.59. The van der Waals surface area contributed by atoms with E-state index in [2.05, 4.69) is 29.0 Å². The smallest absolute Gasteiger partial charge is 0.261 e. The first kappa shape index (κ1) is 29.9. The van der Waals surface area contributed by atoms with Gasteiger partial charge >= 0.3 is 0 Å². The number of amides is 3. The average molecular weight is 584 g/mol. The van der Waals surface area contributed by atoms with Gasteiger partial charge in [0.1, 0.15) is 17.7 Å². The summed E-state index contributed by atoms with van der Waals surface area (Å²) in [5, 5.41) is 3.96. The largest absolute Gasteiger partial charge is 0.344 e. The van der Waals surface area contributed by atoms with Crippen LogP contribution in [0.2, 0.25) is 0 Å². The average Bonchev–Trinajstić information content (AvgIpc) is 3.08. The number of nitrogens with zero attached hydrogens (tertiary/aromatic N) is 1. The Morgan fingerprint density at radius 2 is 1.67 bits per heavy atom. The molecule has 0 bridgehead atoms. The first-order valence-corrected chi connectivity index (χ1v) is 14.7. The summed E-state index contributed by atoms with van der Waals surface area (Å²) in [5.74, 6) is -3.38. The van der Waals surface area contributed by atoms with Crippen LogP contribution in [0.5, 0.6) is 0 Å². The maximum Gasteiger partial charge on any atom is 0.261 e. The Bertz CT molecular complexity index is 1550. The Morgan fingerprint density at radius 1 is 0.953 bits per heavy atom. The van der Waals surface area contributed by atoms with Gasteiger partial charge in [-0.1, -0.05) is 73.2 Å². The molecule has 0 saturated heterocycles. The summed E-state index contributed by atoms with van der Waals surface area (Å²) in [6, 6.07) is 20.0. The van der Waals surface area contributed by atoms with Crippen molar-refractivity contribution >= 4 is 23.3 Å². The van der Waals surface area contributed by atoms with Crippen LogP contribution in [0.4, 0.5) is 8.78 Å². The van der Waals surface area contributed by atoms with Crippen LogP contribution in [0.3, 0.4) is 0 Å². The van der Waals surface area contributed by atoms with Crippen molar-refractivity contribution in [2.24, 2.45) is 0 Å². The van der Waals surface area contributed by atoms with Gasteiger partial charge in [0, 0.05) is 11.6 Å². The van der Waals surface area contributed by atoms with Gasteiger partial charge in [0.2, 0.25) is 5.91 Å². The lowest BCUT2D eigenvalue weighted by Crippen LogP contribution is -2.53. The number of hydrogen-bond acceptors (Lipinski definition) is 3. The maximum atomic E-state index is 14.2. The SMILES string of the molecule is C[C@H](NC(=O)Cc1cc(F)cc(F)c1)C(=O)NN1C(=O)C(CCCCc2ccccc2)c2ccccc2C2=C1CCC=C2. The number of benzene rings is 3. The molecule has 0 fully saturated rings. The van der Waals surface area contributed by atoms with Crippen LogP contribution in [0, 0.1) is 11.6 Å². The van der Waals surface area contributed by atoms with Gasteiger partial charge in [0.05, 0.1) is 18.0 Å². The number of hydrazine groups is 1. The molecular weight excluding hydrogens is 548 g/mol. The Morgan fingerprint density at radius 3 is 2.44 bits per heavy atom. The van der Waals surface area contributed by atoms with Crippen LogP contribution >= 0.6 is 0 Å². The molecule has 222 valence electrons. The zero-order valence-corrected chi connectivity index (χ0v) is 24.1. The van der Waals surface area contributed by atoms with E-state index in [-0.39, 0.29) is 17.9 Å². The molecule has 2 aliphatic rings. The maximum absolute atomic E-state index is 14.2. The zero-order chi connectivity index (χ0) is 30.3. The molecule has 0 spiro atoms. The fourth-order valence-electron chi connectivity index (χ4n) is 5.78. The second-order valence-corrected chi connectivity index (χ2v) is 11.1. The van der Waals surface area contributed by atoms with Crippen molar-refractivity contribution in [2.75, 3.05) is 0 Å². The molecule has 2 N–H and O–H groups in total. The first-order valence-electron chi connectivity index (χ1n) is 14.7. The van der Waals surface area contributed by atoms with Crippen LogP contribution in [-0.2, 0) is 27.2 Å². The monoisotopic (exact) mass is 583 g/mol. The molecule has 1 unspecified atom stereocenters. The van der Waals surface area contributed by atoms with E-state index in [0.29, 0.717) is 18.5 Å². The van der Waals surface area contributed by atoms with E-state index >= 15 is 0 Å². The molecule has 1 aliphatic heterocycles. The van der Waals surface area contributed by atoms with Crippen molar-refractivity contribution in [3.8, 4) is 0 Å². The fraction of sp³-hybridized carbons (Fsp3) is 0.286. The van der Waals surface area contributed by atoms with Crippen molar-refractivity contribution in [1.29, 1.82) is 0 Å². The summed E-state index contributed by atoms with van der Waals surface area (Å²) in [6.07, 6.45) is 8.36. The molecule has 3 aromatic rings. The van der Waals surface area contributed by atoms with Gasteiger partial charge in [0.25, 0.3) is 11.8 Å². The molecule has 8 heteroatoms. The highest BCUT2D eigenvalue weighted by Crippen LogP contribution is 2.40. The number of halogens is 2. The van der Waals surface area contributed by atoms with Crippen LogP contribution in [0.1, 0.15) is 67.2 Å². The van der Waals surface area contributed by atoms with Gasteiger partial charge in [-0.15, -0.1) is 0 Å². The first-order chi connectivity index (χ1) is 20.8. The standard InChI is InChI=1S/C35H35F2N3O3/c1-23(38-33(41)21-25-19-26(36)22-27(37)20-25)34(42)39-40-32-18-10-9-16-30(32)28-14-7-8-15-29(28)31(35(40)43)17-6-5-13-24-11-3-2-4-12-24/h2-4,7-9,11-12,14-16,19-20,22-23,31H,5-6,10,13,17-18,21H2,1H3,(H,38,41)(H,39,42)/t23-,31?/m0/s1. The van der Waals surface area contributed by atoms with Crippen molar-refractivity contribution in [3.05, 3.63) is 125 Å². The topological polar surface area (TPSA) is 78.5 Å². The van der Waals surface area contributed by atoms with Crippen molar-refractivity contribution in [2.45, 2.75) is 63.8 Å². The molecular formula is C35H35F2N3O3. The third-order valence-corrected chi connectivity index (χ3v) is 7.89. The molecule has 3 aromatic carbocycles. The number of aryl methyl sites for hydroxylation is 1. The van der Waals surface area contributed by atoms with E-state index in [1.165, 1.54) is 17.5 Å². The quantitative estimate of drug-likeness (QED) is 0.282. The highest BCUT2D eigenvalue weighted by atomic mass is 19.1. The minimum Gasteiger partial charge on any atom is -0.344 e. The predicted octanol–water partition coefficient (Wildman–Crippen LogP) is 6.14. The summed E-state index contributed by atoms with van der Waals surface area (Å²) in [7, 11) is 0. The lowest BCUT2D eigenvalue weighted by Gasteiger charge is -2.30. The van der Waals surface area contributed by atoms with Crippen LogP contribution < -0.4 is 10.7 Å². The van der Waals surface area contributed by atoms with Crippen LogP contribution in [-0.4, -0.2) is 28.8 Å². The summed E-state index contributed by atoms with van der Waals surface area (Å²) in [6.45, 7) is 1.51. The molecule has 0 radical (unpaired) electrons. The molecule has 0 saturated carbocycles. The van der Waals surface area contributed by atoms with E-state index in [9.17, 15) is 23.2 Å². The molecule has 1 aliphatic carbocycles. The van der Waals surface area contributed by atoms with E-state index in [4.69, 9.17) is 0 Å². The van der Waals surface area contributed by atoms with E-state index in [0.717, 1.165) is 60.6 Å². The Balaban J connectivity index is 1.32. The van der Waals surface area contributed by atoms with Crippen LogP contribution in [0.25, 0.3) is 5.57 Å². The molecule has 5 rings (SSSR count). The van der Waals surface area contributed by atoms with E-state index < -0.39 is 35.4 Å². The highest BCUT2D eigenvalue weighted by molar-refractivity contribution is 5.96. The lowest BCUT2D eigenvalue weighted by molar-refractivity contribution is -0.141. The van der Waals surface area contributed by atoms with Gasteiger partial charge in [-0.2, -0.15) is 0 Å². The third kappa shape index (κ3) is 7.25. The lowest BCUT2D eigenvalue weighted by atomic mass is 9.86. The van der Waals surface area contributed by atoms with Crippen molar-refractivity contribution < 1.29 is 23.2 Å². The number of carbonyl (C=O) groups is 3. The van der Waals surface area contributed by atoms with Gasteiger partial charge in [0.15, 0.2) is 0 Å². The fourth-order valence-corrected chi connectivity index (χ4v) is 5.78. The van der Waals surface area contributed by atoms with Crippen molar-refractivity contribution in [1.82, 2.24) is 15.8 Å². The minimum absolute atomic E-state index is 0.155. The van der Waals surface area contributed by atoms with E-state index in [1.807, 2.05) is 48.5 Å². The van der Waals surface area contributed by atoms with Crippen LogP contribution in [0.15, 0.2) is 90.6 Å². The Labute approximate surface area is 250 Å². The molecule has 3 amide bonds. The number of rotatable bonds is 10. The Kier molecular flexibility index (Phi) is 9.45. The molecule has 0 aromatic heterocycles. The summed E-state index contributed by atoms with van der Waals surface area (Å²) >= 11 is 0. The molecule has 1 heterocycles. The summed E-state index contributed by atoms with van der Waals surface area (Å²) < 4.78 is 27.1. The summed E-state index contributed by atoms with van der Waals surface area (Å²) in [5.41, 5.74) is 7.73. The van der Waals surface area contributed by atoms with Crippen molar-refractivity contribution in [3.63, 3.8) is 0 Å². The number of carbonyl (C=O) groups excluding carboxylic acids is 3. The second kappa shape index (κ2) is 13.6. The zero-order valence-electron chi connectivity index (χ0n) is 24.1. The minimum atomic E-state index is -1.00. The van der Waals surface area contributed by atoms with Gasteiger partial charge < -0.3 is 5.32 Å². The molecule has 2 atom stereocenters. The number of allylic oxidation sites excluding steroid dienone is 4. The number of hydrogen-bond donors (Lipinski definition) is 2. The van der Waals surface area contributed by atoms with Gasteiger partial charge in [-0.3, -0.25) is 19.8 Å². The van der Waals surface area contributed by atoms with E-state index in [1.54, 1.807) is 0 Å².